The summed E-state index contributed by atoms with van der Waals surface area (Å²) in [5, 5.41) is 0.701. The summed E-state index contributed by atoms with van der Waals surface area (Å²) in [5.74, 6) is 1.94. The smallest absolute Gasteiger partial charge is 0.180 e. The Balaban J connectivity index is 1.61. The van der Waals surface area contributed by atoms with E-state index in [9.17, 15) is 0 Å². The highest BCUT2D eigenvalue weighted by Gasteiger charge is 2.34. The van der Waals surface area contributed by atoms with Crippen molar-refractivity contribution < 1.29 is 0 Å². The summed E-state index contributed by atoms with van der Waals surface area (Å²) in [7, 11) is 0. The number of nitrogens with two attached hydrogens (primary N) is 1. The lowest BCUT2D eigenvalue weighted by Gasteiger charge is -2.23. The molecule has 1 aromatic heterocycles. The fourth-order valence-corrected chi connectivity index (χ4v) is 3.97. The molecule has 0 spiro atoms. The van der Waals surface area contributed by atoms with Crippen molar-refractivity contribution in [2.45, 2.75) is 32.2 Å². The van der Waals surface area contributed by atoms with E-state index in [0.29, 0.717) is 5.13 Å². The van der Waals surface area contributed by atoms with Crippen LogP contribution < -0.4 is 5.73 Å². The summed E-state index contributed by atoms with van der Waals surface area (Å²) < 4.78 is 0. The van der Waals surface area contributed by atoms with Crippen LogP contribution in [-0.2, 0) is 6.54 Å². The summed E-state index contributed by atoms with van der Waals surface area (Å²) in [5.41, 5.74) is 5.66. The molecule has 16 heavy (non-hydrogen) atoms. The molecule has 0 aromatic carbocycles. The van der Waals surface area contributed by atoms with Crippen LogP contribution in [0.1, 0.15) is 30.6 Å². The van der Waals surface area contributed by atoms with Crippen LogP contribution in [0.3, 0.4) is 0 Å². The van der Waals surface area contributed by atoms with E-state index in [-0.39, 0.29) is 0 Å². The number of likely N-dealkylation sites (tertiary alicyclic amines) is 1. The van der Waals surface area contributed by atoms with Crippen LogP contribution in [0, 0.1) is 11.8 Å². The van der Waals surface area contributed by atoms with Crippen molar-refractivity contribution >= 4 is 16.5 Å². The van der Waals surface area contributed by atoms with Crippen molar-refractivity contribution in [1.82, 2.24) is 9.88 Å². The second kappa shape index (κ2) is 4.34. The molecule has 3 rings (SSSR count). The van der Waals surface area contributed by atoms with Gasteiger partial charge in [-0.2, -0.15) is 0 Å². The van der Waals surface area contributed by atoms with Crippen molar-refractivity contribution in [3.63, 3.8) is 0 Å². The summed E-state index contributed by atoms with van der Waals surface area (Å²) in [4.78, 5) is 8.03. The van der Waals surface area contributed by atoms with Gasteiger partial charge in [0, 0.05) is 30.7 Å². The number of anilines is 1. The zero-order valence-electron chi connectivity index (χ0n) is 9.56. The molecule has 1 aliphatic heterocycles. The van der Waals surface area contributed by atoms with Gasteiger partial charge in [0.1, 0.15) is 0 Å². The molecule has 3 nitrogen and oxygen atoms in total. The Labute approximate surface area is 101 Å². The zero-order valence-corrected chi connectivity index (χ0v) is 10.4. The lowest BCUT2D eigenvalue weighted by molar-refractivity contribution is 0.299. The third kappa shape index (κ3) is 2.09. The Bertz CT molecular complexity index is 349. The highest BCUT2D eigenvalue weighted by atomic mass is 32.1. The Hall–Kier alpha value is -0.610. The monoisotopic (exact) mass is 237 g/mol. The van der Waals surface area contributed by atoms with Crippen molar-refractivity contribution in [3.8, 4) is 0 Å². The zero-order chi connectivity index (χ0) is 11.0. The van der Waals surface area contributed by atoms with Crippen LogP contribution in [0.25, 0.3) is 0 Å². The number of hydrogen-bond acceptors (Lipinski definition) is 4. The first-order chi connectivity index (χ1) is 7.81. The fraction of sp³-hybridized carbons (Fsp3) is 0.750. The average Bonchev–Trinajstić information content (AvgIpc) is 2.84. The van der Waals surface area contributed by atoms with Crippen LogP contribution in [0.15, 0.2) is 6.20 Å². The fourth-order valence-electron chi connectivity index (χ4n) is 3.25. The molecule has 88 valence electrons. The highest BCUT2D eigenvalue weighted by molar-refractivity contribution is 7.15. The van der Waals surface area contributed by atoms with Gasteiger partial charge >= 0.3 is 0 Å². The second-order valence-electron chi connectivity index (χ2n) is 5.16. The molecule has 2 atom stereocenters. The minimum absolute atomic E-state index is 0.701. The summed E-state index contributed by atoms with van der Waals surface area (Å²) in [6.45, 7) is 3.65. The van der Waals surface area contributed by atoms with Crippen LogP contribution in [0.4, 0.5) is 5.13 Å². The van der Waals surface area contributed by atoms with Gasteiger partial charge in [0.25, 0.3) is 0 Å². The van der Waals surface area contributed by atoms with Crippen molar-refractivity contribution in [1.29, 1.82) is 0 Å². The topological polar surface area (TPSA) is 42.1 Å². The Morgan fingerprint density at radius 2 is 2.00 bits per heavy atom. The van der Waals surface area contributed by atoms with E-state index in [1.807, 2.05) is 6.20 Å². The Morgan fingerprint density at radius 3 is 2.56 bits per heavy atom. The first-order valence-electron chi connectivity index (χ1n) is 6.24. The largest absolute Gasteiger partial charge is 0.375 e. The van der Waals surface area contributed by atoms with E-state index < -0.39 is 0 Å². The van der Waals surface area contributed by atoms with Gasteiger partial charge in [-0.3, -0.25) is 4.90 Å². The first kappa shape index (κ1) is 10.5. The summed E-state index contributed by atoms with van der Waals surface area (Å²) in [6, 6.07) is 0. The molecule has 0 amide bonds. The van der Waals surface area contributed by atoms with Crippen LogP contribution in [0.2, 0.25) is 0 Å². The second-order valence-corrected chi connectivity index (χ2v) is 6.31. The number of nitrogens with zero attached hydrogens (tertiary/aromatic N) is 2. The molecule has 0 bridgehead atoms. The van der Waals surface area contributed by atoms with Gasteiger partial charge in [0.15, 0.2) is 5.13 Å². The molecule has 0 unspecified atom stereocenters. The number of nitrogen functional groups attached to an aromatic ring is 1. The molecule has 1 aromatic rings. The van der Waals surface area contributed by atoms with E-state index in [1.54, 1.807) is 11.3 Å². The number of rotatable bonds is 2. The van der Waals surface area contributed by atoms with Gasteiger partial charge in [0.05, 0.1) is 0 Å². The summed E-state index contributed by atoms with van der Waals surface area (Å²) >= 11 is 1.63. The van der Waals surface area contributed by atoms with Crippen molar-refractivity contribution in [3.05, 3.63) is 11.1 Å². The Morgan fingerprint density at radius 1 is 1.31 bits per heavy atom. The van der Waals surface area contributed by atoms with E-state index >= 15 is 0 Å². The van der Waals surface area contributed by atoms with E-state index in [0.717, 1.165) is 18.4 Å². The molecule has 2 N–H and O–H groups in total. The van der Waals surface area contributed by atoms with Gasteiger partial charge < -0.3 is 5.73 Å². The van der Waals surface area contributed by atoms with E-state index in [1.165, 1.54) is 43.6 Å². The van der Waals surface area contributed by atoms with Crippen LogP contribution in [0.5, 0.6) is 0 Å². The maximum atomic E-state index is 5.66. The molecule has 1 saturated carbocycles. The third-order valence-corrected chi connectivity index (χ3v) is 4.81. The average molecular weight is 237 g/mol. The molecule has 1 saturated heterocycles. The third-order valence-electron chi connectivity index (χ3n) is 4.00. The van der Waals surface area contributed by atoms with Crippen LogP contribution in [-0.4, -0.2) is 23.0 Å². The van der Waals surface area contributed by atoms with Gasteiger partial charge in [-0.15, -0.1) is 11.3 Å². The normalized spacial score (nSPS) is 30.5. The van der Waals surface area contributed by atoms with Gasteiger partial charge in [-0.25, -0.2) is 4.98 Å². The Kier molecular flexibility index (Phi) is 2.86. The van der Waals surface area contributed by atoms with Crippen molar-refractivity contribution in [2.24, 2.45) is 11.8 Å². The molecule has 0 radical (unpaired) electrons. The SMILES string of the molecule is Nc1ncc(CN2C[C@H]3CCCC[C@H]3C2)s1. The number of hydrogen-bond donors (Lipinski definition) is 1. The molecule has 2 aliphatic rings. The van der Waals surface area contributed by atoms with Gasteiger partial charge in [-0.1, -0.05) is 12.8 Å². The predicted molar refractivity (Wildman–Crippen MR) is 67.3 cm³/mol. The quantitative estimate of drug-likeness (QED) is 0.858. The molecule has 2 heterocycles. The van der Waals surface area contributed by atoms with Crippen LogP contribution >= 0.6 is 11.3 Å². The first-order valence-corrected chi connectivity index (χ1v) is 7.05. The maximum absolute atomic E-state index is 5.66. The molecule has 1 aliphatic carbocycles. The molecular formula is C12H19N3S. The molecular weight excluding hydrogens is 218 g/mol. The molecule has 4 heteroatoms. The van der Waals surface area contributed by atoms with Gasteiger partial charge in [0.2, 0.25) is 0 Å². The number of aromatic nitrogens is 1. The predicted octanol–water partition coefficient (Wildman–Crippen LogP) is 2.35. The molecule has 2 fully saturated rings. The highest BCUT2D eigenvalue weighted by Crippen LogP contribution is 2.36. The lowest BCUT2D eigenvalue weighted by atomic mass is 9.82. The standard InChI is InChI=1S/C12H19N3S/c13-12-14-5-11(16-12)8-15-6-9-3-1-2-4-10(9)7-15/h5,9-10H,1-4,6-8H2,(H2,13,14)/t9-,10+. The maximum Gasteiger partial charge on any atom is 0.180 e. The minimum atomic E-state index is 0.701. The van der Waals surface area contributed by atoms with Gasteiger partial charge in [-0.05, 0) is 24.7 Å². The summed E-state index contributed by atoms with van der Waals surface area (Å²) in [6.07, 6.45) is 7.73. The lowest BCUT2D eigenvalue weighted by Crippen LogP contribution is -2.19. The number of fused-ring (bicyclic) bond motifs is 1. The van der Waals surface area contributed by atoms with E-state index in [4.69, 9.17) is 5.73 Å². The van der Waals surface area contributed by atoms with E-state index in [2.05, 4.69) is 9.88 Å². The van der Waals surface area contributed by atoms with Crippen molar-refractivity contribution in [2.75, 3.05) is 18.8 Å². The number of thiazole rings is 1. The minimum Gasteiger partial charge on any atom is -0.375 e.